The summed E-state index contributed by atoms with van der Waals surface area (Å²) in [5.74, 6) is 0.668. The summed E-state index contributed by atoms with van der Waals surface area (Å²) in [6.45, 7) is 5.49. The molecular weight excluding hydrogens is 380 g/mol. The van der Waals surface area contributed by atoms with E-state index in [4.69, 9.17) is 9.47 Å². The number of hydrogen-bond donors (Lipinski definition) is 1. The molecule has 0 radical (unpaired) electrons. The number of sulfonamides is 1. The van der Waals surface area contributed by atoms with Crippen LogP contribution in [0.5, 0.6) is 11.5 Å². The van der Waals surface area contributed by atoms with Gasteiger partial charge in [0.05, 0.1) is 19.1 Å². The molecule has 0 saturated heterocycles. The molecule has 150 valence electrons. The summed E-state index contributed by atoms with van der Waals surface area (Å²) in [5, 5.41) is 2.72. The lowest BCUT2D eigenvalue weighted by Gasteiger charge is -2.28. The predicted octanol–water partition coefficient (Wildman–Crippen LogP) is 3.05. The number of ether oxygens (including phenoxy) is 2. The molecule has 0 heterocycles. The average molecular weight is 404 g/mol. The highest BCUT2D eigenvalue weighted by Crippen LogP contribution is 2.26. The van der Waals surface area contributed by atoms with E-state index in [1.54, 1.807) is 54.6 Å². The minimum absolute atomic E-state index is 0.345. The van der Waals surface area contributed by atoms with E-state index in [1.165, 1.54) is 14.0 Å². The van der Waals surface area contributed by atoms with Gasteiger partial charge in [-0.3, -0.25) is 9.10 Å². The summed E-state index contributed by atoms with van der Waals surface area (Å²) in [4.78, 5) is 12.7. The maximum atomic E-state index is 12.7. The molecule has 1 amide bonds. The van der Waals surface area contributed by atoms with E-state index >= 15 is 0 Å². The minimum atomic E-state index is -3.71. The van der Waals surface area contributed by atoms with Crippen LogP contribution in [-0.4, -0.2) is 40.3 Å². The van der Waals surface area contributed by atoms with Gasteiger partial charge in [0, 0.05) is 11.8 Å². The van der Waals surface area contributed by atoms with Crippen molar-refractivity contribution >= 4 is 27.3 Å². The first kappa shape index (κ1) is 21.3. The molecule has 28 heavy (non-hydrogen) atoms. The van der Waals surface area contributed by atoms with Crippen molar-refractivity contribution in [3.8, 4) is 11.5 Å². The van der Waals surface area contributed by atoms with E-state index in [0.717, 1.165) is 10.6 Å². The van der Waals surface area contributed by atoms with Gasteiger partial charge in [-0.2, -0.15) is 0 Å². The van der Waals surface area contributed by atoms with Crippen LogP contribution >= 0.6 is 0 Å². The molecule has 0 unspecified atom stereocenters. The summed E-state index contributed by atoms with van der Waals surface area (Å²) < 4.78 is 36.3. The maximum Gasteiger partial charge on any atom is 0.247 e. The fourth-order valence-electron chi connectivity index (χ4n) is 2.59. The largest absolute Gasteiger partial charge is 0.497 e. The van der Waals surface area contributed by atoms with E-state index in [9.17, 15) is 13.2 Å². The summed E-state index contributed by atoms with van der Waals surface area (Å²) in [7, 11) is -2.22. The molecule has 0 aliphatic heterocycles. The van der Waals surface area contributed by atoms with Gasteiger partial charge < -0.3 is 14.8 Å². The molecule has 0 aliphatic rings. The number of nitrogens with zero attached hydrogens (tertiary/aromatic N) is 1. The second-order valence-corrected chi connectivity index (χ2v) is 7.91. The van der Waals surface area contributed by atoms with Crippen LogP contribution in [0.25, 0.3) is 0 Å². The number of methoxy groups -OCH3 is 1. The first-order valence-corrected chi connectivity index (χ1v) is 10.4. The first-order valence-electron chi connectivity index (χ1n) is 8.54. The van der Waals surface area contributed by atoms with Crippen molar-refractivity contribution < 1.29 is 22.7 Å². The first-order chi connectivity index (χ1) is 13.3. The van der Waals surface area contributed by atoms with Gasteiger partial charge in [0.2, 0.25) is 15.9 Å². The molecule has 7 nitrogen and oxygen atoms in total. The molecule has 2 aromatic carbocycles. The number of benzene rings is 2. The molecule has 1 N–H and O–H groups in total. The Hall–Kier alpha value is -3.00. The molecule has 0 spiro atoms. The number of carbonyl (C=O) groups excluding carboxylic acids is 1. The zero-order valence-corrected chi connectivity index (χ0v) is 16.9. The lowest BCUT2D eigenvalue weighted by molar-refractivity contribution is -0.116. The van der Waals surface area contributed by atoms with Crippen molar-refractivity contribution in [2.45, 2.75) is 13.0 Å². The predicted molar refractivity (Wildman–Crippen MR) is 111 cm³/mol. The quantitative estimate of drug-likeness (QED) is 0.650. The molecular formula is C20H24N2O5S. The maximum absolute atomic E-state index is 12.7. The Morgan fingerprint density at radius 2 is 1.89 bits per heavy atom. The van der Waals surface area contributed by atoms with E-state index in [0.29, 0.717) is 29.5 Å². The fourth-order valence-corrected chi connectivity index (χ4v) is 3.76. The smallest absolute Gasteiger partial charge is 0.247 e. The molecule has 0 aromatic heterocycles. The van der Waals surface area contributed by atoms with Crippen LogP contribution in [0.15, 0.2) is 61.2 Å². The molecule has 8 heteroatoms. The fraction of sp³-hybridized carbons (Fsp3) is 0.250. The van der Waals surface area contributed by atoms with Crippen LogP contribution in [0, 0.1) is 0 Å². The SMILES string of the molecule is C=CCOc1ccc(NC(=O)[C@H](C)N(c2cccc(OC)c2)S(C)(=O)=O)cc1. The summed E-state index contributed by atoms with van der Waals surface area (Å²) in [6.07, 6.45) is 2.69. The lowest BCUT2D eigenvalue weighted by atomic mass is 10.2. The van der Waals surface area contributed by atoms with E-state index < -0.39 is 22.0 Å². The molecule has 2 rings (SSSR count). The van der Waals surface area contributed by atoms with Crippen LogP contribution in [0.1, 0.15) is 6.92 Å². The Labute approximate surface area is 165 Å². The number of anilines is 2. The monoisotopic (exact) mass is 404 g/mol. The number of carbonyl (C=O) groups is 1. The van der Waals surface area contributed by atoms with Gasteiger partial charge in [0.1, 0.15) is 24.1 Å². The van der Waals surface area contributed by atoms with Crippen LogP contribution in [0.2, 0.25) is 0 Å². The van der Waals surface area contributed by atoms with Gasteiger partial charge in [0.25, 0.3) is 0 Å². The van der Waals surface area contributed by atoms with Crippen LogP contribution in [-0.2, 0) is 14.8 Å². The van der Waals surface area contributed by atoms with Crippen molar-refractivity contribution in [2.24, 2.45) is 0 Å². The third kappa shape index (κ3) is 5.50. The summed E-state index contributed by atoms with van der Waals surface area (Å²) >= 11 is 0. The molecule has 2 aromatic rings. The summed E-state index contributed by atoms with van der Waals surface area (Å²) in [6, 6.07) is 12.3. The highest BCUT2D eigenvalue weighted by Gasteiger charge is 2.29. The third-order valence-corrected chi connectivity index (χ3v) is 5.13. The van der Waals surface area contributed by atoms with E-state index in [-0.39, 0.29) is 0 Å². The van der Waals surface area contributed by atoms with Crippen molar-refractivity contribution in [1.82, 2.24) is 0 Å². The second-order valence-electron chi connectivity index (χ2n) is 6.05. The normalized spacial score (nSPS) is 12.0. The second kappa shape index (κ2) is 9.27. The van der Waals surface area contributed by atoms with Gasteiger partial charge in [-0.25, -0.2) is 8.42 Å². The van der Waals surface area contributed by atoms with Gasteiger partial charge >= 0.3 is 0 Å². The Bertz CT molecular complexity index is 926. The van der Waals surface area contributed by atoms with E-state index in [2.05, 4.69) is 11.9 Å². The van der Waals surface area contributed by atoms with Gasteiger partial charge in [-0.05, 0) is 43.3 Å². The van der Waals surface area contributed by atoms with Crippen LogP contribution in [0.3, 0.4) is 0 Å². The number of nitrogens with one attached hydrogen (secondary N) is 1. The Morgan fingerprint density at radius 1 is 1.21 bits per heavy atom. The van der Waals surface area contributed by atoms with Gasteiger partial charge in [0.15, 0.2) is 0 Å². The minimum Gasteiger partial charge on any atom is -0.497 e. The summed E-state index contributed by atoms with van der Waals surface area (Å²) in [5.41, 5.74) is 0.875. The molecule has 1 atom stereocenters. The highest BCUT2D eigenvalue weighted by molar-refractivity contribution is 7.92. The zero-order chi connectivity index (χ0) is 20.7. The third-order valence-electron chi connectivity index (χ3n) is 3.89. The highest BCUT2D eigenvalue weighted by atomic mass is 32.2. The molecule has 0 bridgehead atoms. The van der Waals surface area contributed by atoms with Gasteiger partial charge in [-0.1, -0.05) is 18.7 Å². The van der Waals surface area contributed by atoms with Gasteiger partial charge in [-0.15, -0.1) is 0 Å². The van der Waals surface area contributed by atoms with Crippen LogP contribution < -0.4 is 19.1 Å². The number of amides is 1. The lowest BCUT2D eigenvalue weighted by Crippen LogP contribution is -2.45. The van der Waals surface area contributed by atoms with Crippen molar-refractivity contribution in [1.29, 1.82) is 0 Å². The number of rotatable bonds is 9. The Morgan fingerprint density at radius 3 is 2.46 bits per heavy atom. The molecule has 0 aliphatic carbocycles. The van der Waals surface area contributed by atoms with Crippen molar-refractivity contribution in [3.63, 3.8) is 0 Å². The number of hydrogen-bond acceptors (Lipinski definition) is 5. The molecule has 0 saturated carbocycles. The Kier molecular flexibility index (Phi) is 7.06. The molecule has 0 fully saturated rings. The average Bonchev–Trinajstić information content (AvgIpc) is 2.66. The zero-order valence-electron chi connectivity index (χ0n) is 16.1. The van der Waals surface area contributed by atoms with Crippen molar-refractivity contribution in [2.75, 3.05) is 29.6 Å². The van der Waals surface area contributed by atoms with E-state index in [1.807, 2.05) is 0 Å². The van der Waals surface area contributed by atoms with Crippen molar-refractivity contribution in [3.05, 3.63) is 61.2 Å². The topological polar surface area (TPSA) is 84.9 Å². The van der Waals surface area contributed by atoms with Crippen LogP contribution in [0.4, 0.5) is 11.4 Å². The Balaban J connectivity index is 2.20. The standard InChI is InChI=1S/C20H24N2O5S/c1-5-13-27-18-11-9-16(10-12-18)21-20(23)15(2)22(28(4,24)25)17-7-6-8-19(14-17)26-3/h5-12,14-15H,1,13H2,2-4H3,(H,21,23)/t15-/m0/s1.